The van der Waals surface area contributed by atoms with Gasteiger partial charge in [-0.05, 0) is 43.9 Å². The lowest BCUT2D eigenvalue weighted by molar-refractivity contribution is -0.128. The van der Waals surface area contributed by atoms with E-state index in [9.17, 15) is 14.3 Å². The molecule has 2 rings (SSSR count). The third-order valence-electron chi connectivity index (χ3n) is 3.60. The van der Waals surface area contributed by atoms with E-state index in [4.69, 9.17) is 11.6 Å². The molecule has 19 heavy (non-hydrogen) atoms. The highest BCUT2D eigenvalue weighted by Crippen LogP contribution is 2.28. The minimum Gasteiger partial charge on any atom is -0.392 e. The van der Waals surface area contributed by atoms with Crippen LogP contribution in [-0.2, 0) is 4.79 Å². The summed E-state index contributed by atoms with van der Waals surface area (Å²) in [6.45, 7) is 1.79. The van der Waals surface area contributed by atoms with Gasteiger partial charge >= 0.3 is 0 Å². The van der Waals surface area contributed by atoms with Crippen molar-refractivity contribution in [2.75, 3.05) is 0 Å². The first kappa shape index (κ1) is 14.3. The molecule has 0 saturated heterocycles. The van der Waals surface area contributed by atoms with Gasteiger partial charge < -0.3 is 10.4 Å². The Kier molecular flexibility index (Phi) is 4.42. The molecule has 1 amide bonds. The smallest absolute Gasteiger partial charge is 0.226 e. The van der Waals surface area contributed by atoms with Gasteiger partial charge in [0.15, 0.2) is 0 Å². The molecule has 1 aromatic carbocycles. The van der Waals surface area contributed by atoms with Gasteiger partial charge in [-0.15, -0.1) is 0 Å². The van der Waals surface area contributed by atoms with Gasteiger partial charge in [-0.1, -0.05) is 17.7 Å². The fourth-order valence-electron chi connectivity index (χ4n) is 2.50. The highest BCUT2D eigenvalue weighted by Gasteiger charge is 2.32. The van der Waals surface area contributed by atoms with Crippen LogP contribution >= 0.6 is 11.6 Å². The quantitative estimate of drug-likeness (QED) is 0.897. The van der Waals surface area contributed by atoms with E-state index in [2.05, 4.69) is 5.32 Å². The maximum atomic E-state index is 13.0. The summed E-state index contributed by atoms with van der Waals surface area (Å²) in [5.74, 6) is -0.918. The second-order valence-electron chi connectivity index (χ2n) is 5.00. The molecule has 5 heteroatoms. The lowest BCUT2D eigenvalue weighted by Crippen LogP contribution is -2.36. The van der Waals surface area contributed by atoms with Crippen molar-refractivity contribution in [1.29, 1.82) is 0 Å². The molecule has 3 nitrogen and oxygen atoms in total. The van der Waals surface area contributed by atoms with Gasteiger partial charge in [0.25, 0.3) is 0 Å². The van der Waals surface area contributed by atoms with E-state index < -0.39 is 11.9 Å². The van der Waals surface area contributed by atoms with Gasteiger partial charge in [-0.25, -0.2) is 4.39 Å². The molecule has 0 aromatic heterocycles. The fraction of sp³-hybridized carbons (Fsp3) is 0.500. The van der Waals surface area contributed by atoms with Crippen LogP contribution in [0.2, 0.25) is 5.02 Å². The van der Waals surface area contributed by atoms with Crippen molar-refractivity contribution in [2.45, 2.75) is 38.3 Å². The van der Waals surface area contributed by atoms with Crippen molar-refractivity contribution in [3.63, 3.8) is 0 Å². The number of aliphatic hydroxyl groups is 1. The number of nitrogens with one attached hydrogen (secondary N) is 1. The molecular formula is C14H17ClFNO2. The van der Waals surface area contributed by atoms with Crippen LogP contribution in [0.5, 0.6) is 0 Å². The Morgan fingerprint density at radius 1 is 1.53 bits per heavy atom. The summed E-state index contributed by atoms with van der Waals surface area (Å²) in [7, 11) is 0. The van der Waals surface area contributed by atoms with Crippen LogP contribution in [0.1, 0.15) is 37.8 Å². The Labute approximate surface area is 116 Å². The van der Waals surface area contributed by atoms with Crippen LogP contribution in [-0.4, -0.2) is 17.1 Å². The summed E-state index contributed by atoms with van der Waals surface area (Å²) in [5, 5.41) is 12.8. The van der Waals surface area contributed by atoms with Crippen LogP contribution in [0, 0.1) is 11.7 Å². The standard InChI is InChI=1S/C14H17ClFNO2/c1-8(10-6-5-9(16)7-12(10)15)17-14(19)11-3-2-4-13(11)18/h5-8,11,13,18H,2-4H2,1H3,(H,17,19). The van der Waals surface area contributed by atoms with Gasteiger partial charge in [0.05, 0.1) is 18.1 Å². The molecule has 1 aliphatic carbocycles. The van der Waals surface area contributed by atoms with Gasteiger partial charge in [0.2, 0.25) is 5.91 Å². The molecule has 3 atom stereocenters. The predicted octanol–water partition coefficient (Wildman–Crippen LogP) is 2.82. The zero-order valence-corrected chi connectivity index (χ0v) is 11.5. The number of hydrogen-bond acceptors (Lipinski definition) is 2. The number of carbonyl (C=O) groups is 1. The highest BCUT2D eigenvalue weighted by atomic mass is 35.5. The predicted molar refractivity (Wildman–Crippen MR) is 71.3 cm³/mol. The Hall–Kier alpha value is -1.13. The molecule has 1 aromatic rings. The molecule has 0 radical (unpaired) electrons. The third-order valence-corrected chi connectivity index (χ3v) is 3.93. The normalized spacial score (nSPS) is 24.2. The maximum absolute atomic E-state index is 13.0. The first-order valence-corrected chi connectivity index (χ1v) is 6.80. The van der Waals surface area contributed by atoms with Crippen molar-refractivity contribution in [2.24, 2.45) is 5.92 Å². The van der Waals surface area contributed by atoms with E-state index in [1.807, 2.05) is 0 Å². The van der Waals surface area contributed by atoms with Crippen LogP contribution in [0.4, 0.5) is 4.39 Å². The van der Waals surface area contributed by atoms with E-state index in [1.165, 1.54) is 12.1 Å². The number of aliphatic hydroxyl groups excluding tert-OH is 1. The SMILES string of the molecule is CC(NC(=O)C1CCCC1O)c1ccc(F)cc1Cl. The molecule has 0 heterocycles. The number of carbonyl (C=O) groups excluding carboxylic acids is 1. The van der Waals surface area contributed by atoms with Gasteiger partial charge in [0, 0.05) is 5.02 Å². The summed E-state index contributed by atoms with van der Waals surface area (Å²) < 4.78 is 13.0. The monoisotopic (exact) mass is 285 g/mol. The number of amides is 1. The van der Waals surface area contributed by atoms with E-state index in [1.54, 1.807) is 13.0 Å². The average molecular weight is 286 g/mol. The van der Waals surface area contributed by atoms with Crippen LogP contribution in [0.15, 0.2) is 18.2 Å². The molecule has 2 N–H and O–H groups in total. The molecule has 0 bridgehead atoms. The van der Waals surface area contributed by atoms with Gasteiger partial charge in [0.1, 0.15) is 5.82 Å². The summed E-state index contributed by atoms with van der Waals surface area (Å²) in [6.07, 6.45) is 1.68. The van der Waals surface area contributed by atoms with E-state index in [-0.39, 0.29) is 17.9 Å². The van der Waals surface area contributed by atoms with E-state index >= 15 is 0 Å². The molecule has 1 saturated carbocycles. The second-order valence-corrected chi connectivity index (χ2v) is 5.41. The minimum absolute atomic E-state index is 0.169. The van der Waals surface area contributed by atoms with Crippen molar-refractivity contribution in [3.8, 4) is 0 Å². The fourth-order valence-corrected chi connectivity index (χ4v) is 2.83. The van der Waals surface area contributed by atoms with Crippen molar-refractivity contribution in [1.82, 2.24) is 5.32 Å². The molecule has 0 spiro atoms. The number of hydrogen-bond donors (Lipinski definition) is 2. The molecule has 1 aliphatic rings. The third kappa shape index (κ3) is 3.25. The molecule has 104 valence electrons. The Morgan fingerprint density at radius 2 is 2.26 bits per heavy atom. The number of halogens is 2. The average Bonchev–Trinajstić information content (AvgIpc) is 2.75. The lowest BCUT2D eigenvalue weighted by atomic mass is 10.0. The Bertz CT molecular complexity index is 481. The number of benzene rings is 1. The first-order valence-electron chi connectivity index (χ1n) is 6.42. The molecule has 1 fully saturated rings. The number of rotatable bonds is 3. The maximum Gasteiger partial charge on any atom is 0.226 e. The van der Waals surface area contributed by atoms with E-state index in [0.29, 0.717) is 23.4 Å². The van der Waals surface area contributed by atoms with Gasteiger partial charge in [-0.2, -0.15) is 0 Å². The highest BCUT2D eigenvalue weighted by molar-refractivity contribution is 6.31. The summed E-state index contributed by atoms with van der Waals surface area (Å²) in [5.41, 5.74) is 0.670. The first-order chi connectivity index (χ1) is 8.99. The van der Waals surface area contributed by atoms with Crippen LogP contribution < -0.4 is 5.32 Å². The molecule has 0 aliphatic heterocycles. The topological polar surface area (TPSA) is 49.3 Å². The van der Waals surface area contributed by atoms with Gasteiger partial charge in [-0.3, -0.25) is 4.79 Å². The summed E-state index contributed by atoms with van der Waals surface area (Å²) >= 11 is 5.96. The van der Waals surface area contributed by atoms with Crippen LogP contribution in [0.3, 0.4) is 0 Å². The minimum atomic E-state index is -0.559. The Morgan fingerprint density at radius 3 is 2.84 bits per heavy atom. The van der Waals surface area contributed by atoms with Crippen LogP contribution in [0.25, 0.3) is 0 Å². The summed E-state index contributed by atoms with van der Waals surface area (Å²) in [4.78, 5) is 12.0. The van der Waals surface area contributed by atoms with Crippen molar-refractivity contribution < 1.29 is 14.3 Å². The summed E-state index contributed by atoms with van der Waals surface area (Å²) in [6, 6.07) is 3.79. The lowest BCUT2D eigenvalue weighted by Gasteiger charge is -2.20. The Balaban J connectivity index is 2.04. The molecule has 3 unspecified atom stereocenters. The molecular weight excluding hydrogens is 269 g/mol. The van der Waals surface area contributed by atoms with Crippen molar-refractivity contribution in [3.05, 3.63) is 34.6 Å². The largest absolute Gasteiger partial charge is 0.392 e. The zero-order chi connectivity index (χ0) is 14.0. The second kappa shape index (κ2) is 5.88. The zero-order valence-electron chi connectivity index (χ0n) is 10.7. The van der Waals surface area contributed by atoms with Crippen molar-refractivity contribution >= 4 is 17.5 Å². The van der Waals surface area contributed by atoms with E-state index in [0.717, 1.165) is 6.42 Å².